The highest BCUT2D eigenvalue weighted by Crippen LogP contribution is 2.30. The van der Waals surface area contributed by atoms with E-state index in [0.29, 0.717) is 6.54 Å². The molecule has 19 heavy (non-hydrogen) atoms. The third-order valence-corrected chi connectivity index (χ3v) is 3.22. The van der Waals surface area contributed by atoms with Crippen LogP contribution in [0.3, 0.4) is 0 Å². The van der Waals surface area contributed by atoms with E-state index < -0.39 is 0 Å². The second-order valence-electron chi connectivity index (χ2n) is 4.63. The molecule has 0 saturated carbocycles. The Bertz CT molecular complexity index is 596. The van der Waals surface area contributed by atoms with E-state index in [1.807, 2.05) is 44.0 Å². The van der Waals surface area contributed by atoms with Gasteiger partial charge in [-0.15, -0.1) is 0 Å². The predicted octanol–water partition coefficient (Wildman–Crippen LogP) is 2.63. The highest BCUT2D eigenvalue weighted by atomic mass is 16.3. The molecule has 0 radical (unpaired) electrons. The van der Waals surface area contributed by atoms with Gasteiger partial charge in [-0.1, -0.05) is 6.07 Å². The standard InChI is InChI=1S/C15H19N3O/c1-10-7-15(14(9-16)11(2)17-10)18(3)12-5-4-6-13(19)8-12/h4-8,19H,9,16H2,1-3H3. The van der Waals surface area contributed by atoms with E-state index >= 15 is 0 Å². The summed E-state index contributed by atoms with van der Waals surface area (Å²) in [6.07, 6.45) is 0. The first kappa shape index (κ1) is 13.4. The molecule has 1 aromatic heterocycles. The second-order valence-corrected chi connectivity index (χ2v) is 4.63. The minimum atomic E-state index is 0.251. The van der Waals surface area contributed by atoms with E-state index in [4.69, 9.17) is 5.73 Å². The van der Waals surface area contributed by atoms with Crippen LogP contribution in [0.2, 0.25) is 0 Å². The van der Waals surface area contributed by atoms with Gasteiger partial charge in [0.1, 0.15) is 5.75 Å². The molecule has 4 nitrogen and oxygen atoms in total. The smallest absolute Gasteiger partial charge is 0.117 e. The normalized spacial score (nSPS) is 10.5. The minimum absolute atomic E-state index is 0.251. The zero-order chi connectivity index (χ0) is 14.0. The lowest BCUT2D eigenvalue weighted by atomic mass is 10.1. The lowest BCUT2D eigenvalue weighted by Gasteiger charge is -2.23. The van der Waals surface area contributed by atoms with Crippen LogP contribution in [-0.2, 0) is 6.54 Å². The van der Waals surface area contributed by atoms with Crippen molar-refractivity contribution in [2.45, 2.75) is 20.4 Å². The van der Waals surface area contributed by atoms with Gasteiger partial charge in [-0.25, -0.2) is 0 Å². The van der Waals surface area contributed by atoms with Crippen LogP contribution < -0.4 is 10.6 Å². The van der Waals surface area contributed by atoms with Gasteiger partial charge in [-0.05, 0) is 32.0 Å². The van der Waals surface area contributed by atoms with Crippen molar-refractivity contribution in [1.82, 2.24) is 4.98 Å². The van der Waals surface area contributed by atoms with Crippen molar-refractivity contribution in [2.75, 3.05) is 11.9 Å². The van der Waals surface area contributed by atoms with Crippen molar-refractivity contribution in [3.63, 3.8) is 0 Å². The molecule has 1 aromatic carbocycles. The lowest BCUT2D eigenvalue weighted by molar-refractivity contribution is 0.475. The average molecular weight is 257 g/mol. The van der Waals surface area contributed by atoms with Crippen molar-refractivity contribution < 1.29 is 5.11 Å². The number of rotatable bonds is 3. The summed E-state index contributed by atoms with van der Waals surface area (Å²) in [6, 6.07) is 9.17. The summed E-state index contributed by atoms with van der Waals surface area (Å²) >= 11 is 0. The SMILES string of the molecule is Cc1cc(N(C)c2cccc(O)c2)c(CN)c(C)n1. The zero-order valence-electron chi connectivity index (χ0n) is 11.5. The molecule has 0 fully saturated rings. The van der Waals surface area contributed by atoms with E-state index in [1.54, 1.807) is 12.1 Å². The molecule has 0 amide bonds. The Kier molecular flexibility index (Phi) is 3.71. The monoisotopic (exact) mass is 257 g/mol. The number of hydrogen-bond acceptors (Lipinski definition) is 4. The molecule has 0 spiro atoms. The largest absolute Gasteiger partial charge is 0.508 e. The van der Waals surface area contributed by atoms with E-state index in [-0.39, 0.29) is 5.75 Å². The van der Waals surface area contributed by atoms with E-state index in [0.717, 1.165) is 28.3 Å². The molecular weight excluding hydrogens is 238 g/mol. The van der Waals surface area contributed by atoms with Gasteiger partial charge >= 0.3 is 0 Å². The second kappa shape index (κ2) is 5.28. The molecule has 0 aliphatic carbocycles. The van der Waals surface area contributed by atoms with Crippen molar-refractivity contribution >= 4 is 11.4 Å². The van der Waals surface area contributed by atoms with Crippen LogP contribution in [0.1, 0.15) is 17.0 Å². The molecule has 2 rings (SSSR count). The molecule has 0 aliphatic rings. The van der Waals surface area contributed by atoms with Crippen molar-refractivity contribution in [2.24, 2.45) is 5.73 Å². The maximum atomic E-state index is 9.58. The summed E-state index contributed by atoms with van der Waals surface area (Å²) in [5.74, 6) is 0.251. The first-order chi connectivity index (χ1) is 9.02. The number of aryl methyl sites for hydroxylation is 2. The Morgan fingerprint density at radius 3 is 2.63 bits per heavy atom. The summed E-state index contributed by atoms with van der Waals surface area (Å²) < 4.78 is 0. The van der Waals surface area contributed by atoms with Crippen LogP contribution in [-0.4, -0.2) is 17.1 Å². The maximum absolute atomic E-state index is 9.58. The van der Waals surface area contributed by atoms with Crippen LogP contribution in [0.5, 0.6) is 5.75 Å². The molecule has 0 atom stereocenters. The van der Waals surface area contributed by atoms with Crippen LogP contribution in [0.4, 0.5) is 11.4 Å². The first-order valence-corrected chi connectivity index (χ1v) is 6.23. The minimum Gasteiger partial charge on any atom is -0.508 e. The van der Waals surface area contributed by atoms with E-state index in [9.17, 15) is 5.11 Å². The fourth-order valence-corrected chi connectivity index (χ4v) is 2.23. The molecule has 1 heterocycles. The molecule has 2 aromatic rings. The fourth-order valence-electron chi connectivity index (χ4n) is 2.23. The lowest BCUT2D eigenvalue weighted by Crippen LogP contribution is -2.15. The fraction of sp³-hybridized carbons (Fsp3) is 0.267. The number of nitrogens with zero attached hydrogens (tertiary/aromatic N) is 2. The summed E-state index contributed by atoms with van der Waals surface area (Å²) in [7, 11) is 1.96. The number of nitrogens with two attached hydrogens (primary N) is 1. The number of hydrogen-bond donors (Lipinski definition) is 2. The summed E-state index contributed by atoms with van der Waals surface area (Å²) in [5, 5.41) is 9.58. The number of anilines is 2. The van der Waals surface area contributed by atoms with Crippen LogP contribution in [0, 0.1) is 13.8 Å². The van der Waals surface area contributed by atoms with Crippen molar-refractivity contribution in [3.8, 4) is 5.75 Å². The summed E-state index contributed by atoms with van der Waals surface area (Å²) in [6.45, 7) is 4.37. The molecule has 3 N–H and O–H groups in total. The number of phenolic OH excluding ortho intramolecular Hbond substituents is 1. The van der Waals surface area contributed by atoms with Crippen LogP contribution in [0.15, 0.2) is 30.3 Å². The third-order valence-electron chi connectivity index (χ3n) is 3.22. The number of pyridine rings is 1. The van der Waals surface area contributed by atoms with Crippen LogP contribution in [0.25, 0.3) is 0 Å². The van der Waals surface area contributed by atoms with Gasteiger partial charge in [0.25, 0.3) is 0 Å². The number of aromatic nitrogens is 1. The van der Waals surface area contributed by atoms with Gasteiger partial charge in [-0.3, -0.25) is 4.98 Å². The van der Waals surface area contributed by atoms with Gasteiger partial charge < -0.3 is 15.7 Å². The van der Waals surface area contributed by atoms with Gasteiger partial charge in [0.05, 0.1) is 0 Å². The highest BCUT2D eigenvalue weighted by molar-refractivity contribution is 5.67. The maximum Gasteiger partial charge on any atom is 0.117 e. The Morgan fingerprint density at radius 2 is 2.00 bits per heavy atom. The number of benzene rings is 1. The summed E-state index contributed by atoms with van der Waals surface area (Å²) in [5.41, 5.74) is 10.7. The van der Waals surface area contributed by atoms with E-state index in [2.05, 4.69) is 4.98 Å². The van der Waals surface area contributed by atoms with Gasteiger partial charge in [0.2, 0.25) is 0 Å². The predicted molar refractivity (Wildman–Crippen MR) is 77.8 cm³/mol. The Labute approximate surface area is 113 Å². The first-order valence-electron chi connectivity index (χ1n) is 6.23. The molecule has 0 aliphatic heterocycles. The van der Waals surface area contributed by atoms with Gasteiger partial charge in [-0.2, -0.15) is 0 Å². The highest BCUT2D eigenvalue weighted by Gasteiger charge is 2.12. The van der Waals surface area contributed by atoms with Crippen LogP contribution >= 0.6 is 0 Å². The molecular formula is C15H19N3O. The van der Waals surface area contributed by atoms with Crippen molar-refractivity contribution in [1.29, 1.82) is 0 Å². The Balaban J connectivity index is 2.52. The van der Waals surface area contributed by atoms with E-state index in [1.165, 1.54) is 0 Å². The number of aromatic hydroxyl groups is 1. The topological polar surface area (TPSA) is 62.4 Å². The average Bonchev–Trinajstić information content (AvgIpc) is 2.37. The quantitative estimate of drug-likeness (QED) is 0.887. The zero-order valence-corrected chi connectivity index (χ0v) is 11.5. The van der Waals surface area contributed by atoms with Gasteiger partial charge in [0, 0.05) is 48.0 Å². The van der Waals surface area contributed by atoms with Gasteiger partial charge in [0.15, 0.2) is 0 Å². The molecule has 0 bridgehead atoms. The molecule has 0 unspecified atom stereocenters. The Morgan fingerprint density at radius 1 is 1.26 bits per heavy atom. The molecule has 4 heteroatoms. The molecule has 100 valence electrons. The molecule has 0 saturated heterocycles. The summed E-state index contributed by atoms with van der Waals surface area (Å²) in [4.78, 5) is 6.46. The third kappa shape index (κ3) is 2.69. The number of phenols is 1. The van der Waals surface area contributed by atoms with Crippen molar-refractivity contribution in [3.05, 3.63) is 47.3 Å². The Hall–Kier alpha value is -2.07.